The number of amides is 2. The van der Waals surface area contributed by atoms with E-state index in [1.165, 1.54) is 14.2 Å². The zero-order valence-corrected chi connectivity index (χ0v) is 13.1. The smallest absolute Gasteiger partial charge is 0.319 e. The number of methoxy groups -OCH3 is 2. The molecule has 1 unspecified atom stereocenters. The van der Waals surface area contributed by atoms with Crippen molar-refractivity contribution in [2.75, 3.05) is 26.1 Å². The lowest BCUT2D eigenvalue weighted by Crippen LogP contribution is -2.32. The molecule has 6 heteroatoms. The number of carbonyl (C=O) groups excluding carboxylic acids is 1. The van der Waals surface area contributed by atoms with Crippen molar-refractivity contribution in [2.45, 2.75) is 6.10 Å². The minimum absolute atomic E-state index is 0.0569. The van der Waals surface area contributed by atoms with Crippen LogP contribution in [0, 0.1) is 0 Å². The van der Waals surface area contributed by atoms with Gasteiger partial charge in [-0.3, -0.25) is 0 Å². The molecule has 0 bridgehead atoms. The molecule has 0 saturated carbocycles. The summed E-state index contributed by atoms with van der Waals surface area (Å²) >= 11 is 0. The first-order valence-corrected chi connectivity index (χ1v) is 7.14. The summed E-state index contributed by atoms with van der Waals surface area (Å²) in [6.07, 6.45) is -0.866. The van der Waals surface area contributed by atoms with Gasteiger partial charge in [-0.1, -0.05) is 30.3 Å². The highest BCUT2D eigenvalue weighted by Crippen LogP contribution is 2.25. The van der Waals surface area contributed by atoms with Crippen LogP contribution in [0.15, 0.2) is 48.5 Å². The molecule has 0 spiro atoms. The van der Waals surface area contributed by atoms with Crippen LogP contribution in [-0.2, 0) is 0 Å². The van der Waals surface area contributed by atoms with E-state index >= 15 is 0 Å². The lowest BCUT2D eigenvalue weighted by Gasteiger charge is -2.16. The minimum atomic E-state index is -0.866. The molecule has 23 heavy (non-hydrogen) atoms. The molecule has 3 N–H and O–H groups in total. The Labute approximate surface area is 135 Å². The van der Waals surface area contributed by atoms with Crippen molar-refractivity contribution in [1.29, 1.82) is 0 Å². The van der Waals surface area contributed by atoms with Crippen molar-refractivity contribution in [3.63, 3.8) is 0 Å². The molecular formula is C17H20N2O4. The third-order valence-corrected chi connectivity index (χ3v) is 3.31. The number of para-hydroxylation sites is 3. The van der Waals surface area contributed by atoms with Crippen LogP contribution in [-0.4, -0.2) is 31.9 Å². The summed E-state index contributed by atoms with van der Waals surface area (Å²) < 4.78 is 10.4. The van der Waals surface area contributed by atoms with Crippen LogP contribution in [0.3, 0.4) is 0 Å². The zero-order valence-electron chi connectivity index (χ0n) is 13.1. The molecule has 2 amide bonds. The second-order valence-electron chi connectivity index (χ2n) is 4.79. The van der Waals surface area contributed by atoms with Gasteiger partial charge in [0.15, 0.2) is 0 Å². The molecule has 0 aliphatic rings. The first-order chi connectivity index (χ1) is 11.2. The maximum Gasteiger partial charge on any atom is 0.319 e. The molecule has 2 aromatic rings. The van der Waals surface area contributed by atoms with Crippen LogP contribution in [0.4, 0.5) is 10.5 Å². The highest BCUT2D eigenvalue weighted by molar-refractivity contribution is 5.90. The second kappa shape index (κ2) is 8.05. The standard InChI is InChI=1S/C17H20N2O4/c1-22-15-9-5-3-7-12(15)14(20)11-18-17(21)19-13-8-4-6-10-16(13)23-2/h3-10,14,20H,11H2,1-2H3,(H2,18,19,21). The molecule has 2 rings (SSSR count). The van der Waals surface area contributed by atoms with Gasteiger partial charge < -0.3 is 25.2 Å². The summed E-state index contributed by atoms with van der Waals surface area (Å²) in [5, 5.41) is 15.5. The van der Waals surface area contributed by atoms with Crippen molar-refractivity contribution in [3.05, 3.63) is 54.1 Å². The Hall–Kier alpha value is -2.73. The Morgan fingerprint density at radius 1 is 1.04 bits per heavy atom. The fraction of sp³-hybridized carbons (Fsp3) is 0.235. The number of ether oxygens (including phenoxy) is 2. The Bertz CT molecular complexity index is 661. The number of hydrogen-bond acceptors (Lipinski definition) is 4. The molecule has 0 heterocycles. The van der Waals surface area contributed by atoms with E-state index in [1.54, 1.807) is 36.4 Å². The van der Waals surface area contributed by atoms with Crippen LogP contribution in [0.2, 0.25) is 0 Å². The number of rotatable bonds is 6. The van der Waals surface area contributed by atoms with E-state index < -0.39 is 12.1 Å². The van der Waals surface area contributed by atoms with E-state index in [0.29, 0.717) is 22.7 Å². The summed E-state index contributed by atoms with van der Waals surface area (Å²) in [4.78, 5) is 12.0. The Balaban J connectivity index is 1.94. The summed E-state index contributed by atoms with van der Waals surface area (Å²) in [5.41, 5.74) is 1.17. The fourth-order valence-electron chi connectivity index (χ4n) is 2.16. The van der Waals surface area contributed by atoms with E-state index in [2.05, 4.69) is 10.6 Å². The lowest BCUT2D eigenvalue weighted by molar-refractivity contribution is 0.171. The average Bonchev–Trinajstić information content (AvgIpc) is 2.60. The van der Waals surface area contributed by atoms with Crippen LogP contribution in [0.25, 0.3) is 0 Å². The second-order valence-corrected chi connectivity index (χ2v) is 4.79. The normalized spacial score (nSPS) is 11.4. The number of hydrogen-bond donors (Lipinski definition) is 3. The number of carbonyl (C=O) groups is 1. The average molecular weight is 316 g/mol. The zero-order chi connectivity index (χ0) is 16.7. The predicted octanol–water partition coefficient (Wildman–Crippen LogP) is 2.56. The number of urea groups is 1. The lowest BCUT2D eigenvalue weighted by atomic mass is 10.1. The summed E-state index contributed by atoms with van der Waals surface area (Å²) in [5.74, 6) is 1.14. The van der Waals surface area contributed by atoms with Gasteiger partial charge in [-0.2, -0.15) is 0 Å². The fourth-order valence-corrected chi connectivity index (χ4v) is 2.16. The van der Waals surface area contributed by atoms with Crippen LogP contribution in [0.5, 0.6) is 11.5 Å². The SMILES string of the molecule is COc1ccccc1NC(=O)NCC(O)c1ccccc1OC. The van der Waals surface area contributed by atoms with Gasteiger partial charge in [0.05, 0.1) is 26.0 Å². The quantitative estimate of drug-likeness (QED) is 0.765. The largest absolute Gasteiger partial charge is 0.496 e. The van der Waals surface area contributed by atoms with Crippen molar-refractivity contribution in [2.24, 2.45) is 0 Å². The van der Waals surface area contributed by atoms with Crippen LogP contribution in [0.1, 0.15) is 11.7 Å². The van der Waals surface area contributed by atoms with Gasteiger partial charge in [0.2, 0.25) is 0 Å². The molecule has 2 aromatic carbocycles. The van der Waals surface area contributed by atoms with E-state index in [9.17, 15) is 9.90 Å². The summed E-state index contributed by atoms with van der Waals surface area (Å²) in [6.45, 7) is 0.0569. The third kappa shape index (κ3) is 4.37. The summed E-state index contributed by atoms with van der Waals surface area (Å²) in [7, 11) is 3.07. The Morgan fingerprint density at radius 3 is 2.35 bits per heavy atom. The molecule has 122 valence electrons. The topological polar surface area (TPSA) is 79.8 Å². The van der Waals surface area contributed by atoms with Crippen molar-refractivity contribution >= 4 is 11.7 Å². The number of aliphatic hydroxyl groups excluding tert-OH is 1. The van der Waals surface area contributed by atoms with Gasteiger partial charge in [-0.15, -0.1) is 0 Å². The minimum Gasteiger partial charge on any atom is -0.496 e. The molecule has 0 radical (unpaired) electrons. The highest BCUT2D eigenvalue weighted by Gasteiger charge is 2.14. The van der Waals surface area contributed by atoms with E-state index in [-0.39, 0.29) is 6.54 Å². The molecule has 0 fully saturated rings. The van der Waals surface area contributed by atoms with Crippen molar-refractivity contribution < 1.29 is 19.4 Å². The van der Waals surface area contributed by atoms with Gasteiger partial charge in [0.1, 0.15) is 11.5 Å². The monoisotopic (exact) mass is 316 g/mol. The number of nitrogens with one attached hydrogen (secondary N) is 2. The van der Waals surface area contributed by atoms with Crippen molar-refractivity contribution in [1.82, 2.24) is 5.32 Å². The van der Waals surface area contributed by atoms with Gasteiger partial charge in [-0.25, -0.2) is 4.79 Å². The van der Waals surface area contributed by atoms with Crippen LogP contribution >= 0.6 is 0 Å². The Kier molecular flexibility index (Phi) is 5.82. The molecule has 0 aliphatic heterocycles. The molecule has 0 aliphatic carbocycles. The van der Waals surface area contributed by atoms with Crippen LogP contribution < -0.4 is 20.1 Å². The maximum atomic E-state index is 12.0. The molecule has 0 aromatic heterocycles. The summed E-state index contributed by atoms with van der Waals surface area (Å²) in [6, 6.07) is 13.8. The number of anilines is 1. The first-order valence-electron chi connectivity index (χ1n) is 7.14. The van der Waals surface area contributed by atoms with Gasteiger partial charge in [0.25, 0.3) is 0 Å². The van der Waals surface area contributed by atoms with Gasteiger partial charge >= 0.3 is 6.03 Å². The number of aliphatic hydroxyl groups is 1. The maximum absolute atomic E-state index is 12.0. The first kappa shape index (κ1) is 16.6. The molecular weight excluding hydrogens is 296 g/mol. The van der Waals surface area contributed by atoms with Gasteiger partial charge in [-0.05, 0) is 18.2 Å². The Morgan fingerprint density at radius 2 is 1.65 bits per heavy atom. The third-order valence-electron chi connectivity index (χ3n) is 3.31. The van der Waals surface area contributed by atoms with E-state index in [4.69, 9.17) is 9.47 Å². The van der Waals surface area contributed by atoms with Gasteiger partial charge in [0, 0.05) is 12.1 Å². The molecule has 0 saturated heterocycles. The predicted molar refractivity (Wildman–Crippen MR) is 88.0 cm³/mol. The van der Waals surface area contributed by atoms with E-state index in [0.717, 1.165) is 0 Å². The number of benzene rings is 2. The molecule has 1 atom stereocenters. The van der Waals surface area contributed by atoms with E-state index in [1.807, 2.05) is 12.1 Å². The van der Waals surface area contributed by atoms with Crippen molar-refractivity contribution in [3.8, 4) is 11.5 Å². The highest BCUT2D eigenvalue weighted by atomic mass is 16.5. The molecule has 6 nitrogen and oxygen atoms in total.